The van der Waals surface area contributed by atoms with Gasteiger partial charge in [-0.25, -0.2) is 9.97 Å². The van der Waals surface area contributed by atoms with Crippen molar-refractivity contribution in [2.75, 3.05) is 0 Å². The molecule has 17 rings (SSSR count). The van der Waals surface area contributed by atoms with Crippen molar-refractivity contribution in [3.05, 3.63) is 224 Å². The Morgan fingerprint density at radius 1 is 0.315 bits per heavy atom. The Labute approximate surface area is 418 Å². The first kappa shape index (κ1) is 39.2. The van der Waals surface area contributed by atoms with Crippen molar-refractivity contribution < 1.29 is 14.2 Å². The van der Waals surface area contributed by atoms with Crippen LogP contribution >= 0.6 is 0 Å². The zero-order chi connectivity index (χ0) is 47.5. The van der Waals surface area contributed by atoms with E-state index in [1.165, 1.54) is 20.7 Å². The van der Waals surface area contributed by atoms with Crippen LogP contribution in [0.25, 0.3) is 67.1 Å². The quantitative estimate of drug-likeness (QED) is 0.123. The molecule has 0 fully saturated rings. The number of ether oxygens (including phenoxy) is 3. The first-order chi connectivity index (χ1) is 36.2. The molecule has 11 heteroatoms. The maximum Gasteiger partial charge on any atom is 0.270 e. The van der Waals surface area contributed by atoms with Gasteiger partial charge in [-0.3, -0.25) is 17.9 Å². The van der Waals surface area contributed by atoms with Gasteiger partial charge in [0.2, 0.25) is 11.6 Å². The predicted molar refractivity (Wildman–Crippen MR) is 294 cm³/mol. The molecule has 10 aromatic carbocycles. The van der Waals surface area contributed by atoms with Gasteiger partial charge in [0.15, 0.2) is 8.07 Å². The summed E-state index contributed by atoms with van der Waals surface area (Å²) in [6.45, 7) is -0.0737. The normalized spacial score (nSPS) is 13.2. The van der Waals surface area contributed by atoms with Gasteiger partial charge in [-0.2, -0.15) is 0 Å². The van der Waals surface area contributed by atoms with Gasteiger partial charge in [0.25, 0.3) is 6.71 Å². The minimum Gasteiger partial charge on any atom is -0.458 e. The van der Waals surface area contributed by atoms with E-state index >= 15 is 0 Å². The highest BCUT2D eigenvalue weighted by atomic mass is 28.3. The minimum absolute atomic E-state index is 0.0737. The Balaban J connectivity index is 0.902. The number of fused-ring (bicyclic) bond motifs is 10. The molecular weight excluding hydrogens is 916 g/mol. The number of benzene rings is 10. The summed E-state index contributed by atoms with van der Waals surface area (Å²) in [5.41, 5.74) is 13.3. The molecule has 14 aromatic rings. The molecule has 0 saturated carbocycles. The number of aromatic nitrogens is 6. The van der Waals surface area contributed by atoms with Crippen molar-refractivity contribution in [2.45, 2.75) is 0 Å². The highest BCUT2D eigenvalue weighted by Crippen LogP contribution is 2.43. The number of imidazole rings is 4. The van der Waals surface area contributed by atoms with Crippen molar-refractivity contribution in [2.24, 2.45) is 0 Å². The second-order valence-corrected chi connectivity index (χ2v) is 23.1. The van der Waals surface area contributed by atoms with E-state index in [0.717, 1.165) is 118 Å². The van der Waals surface area contributed by atoms with Crippen LogP contribution in [0.3, 0.4) is 0 Å². The van der Waals surface area contributed by atoms with E-state index in [9.17, 15) is 0 Å². The molecule has 73 heavy (non-hydrogen) atoms. The number of rotatable bonds is 6. The minimum atomic E-state index is -3.13. The second kappa shape index (κ2) is 14.3. The third kappa shape index (κ3) is 5.15. The molecule has 0 unspecified atom stereocenters. The van der Waals surface area contributed by atoms with Gasteiger partial charge in [0, 0.05) is 34.2 Å². The summed E-state index contributed by atoms with van der Waals surface area (Å²) in [6, 6.07) is 80.5. The maximum absolute atomic E-state index is 6.84. The molecule has 0 spiro atoms. The van der Waals surface area contributed by atoms with Crippen LogP contribution in [0.5, 0.6) is 34.5 Å². The van der Waals surface area contributed by atoms with E-state index in [1.54, 1.807) is 0 Å². The number of nitrogens with zero attached hydrogens (tertiary/aromatic N) is 6. The molecule has 0 saturated heterocycles. The Bertz CT molecular complexity index is 4580. The largest absolute Gasteiger partial charge is 0.458 e. The van der Waals surface area contributed by atoms with Gasteiger partial charge in [-0.05, 0) is 106 Å². The standard InChI is InChI=1S/C62H37BN6O3Si/c1-3-17-40(18-4-1)73(41-19-5-2-6-20-41,42-21-13-16-38(34-42)66-47-24-9-11-26-49(47)68-46-23-8-7-22-44(46)64-61(66)68)43-32-33-45-51(37-43)69-50-27-12-10-25-48(50)67(62(69)65-45)39-35-56-60-57(36-39)72-55-31-15-29-53-59(55)63(60)58-52(70-53)28-14-30-54(58)71-56/h1-37H. The van der Waals surface area contributed by atoms with Crippen LogP contribution in [-0.2, 0) is 0 Å². The summed E-state index contributed by atoms with van der Waals surface area (Å²) in [5, 5.41) is 5.07. The molecule has 3 aliphatic rings. The number of hydrogen-bond acceptors (Lipinski definition) is 5. The summed E-state index contributed by atoms with van der Waals surface area (Å²) in [5.74, 6) is 6.42. The maximum atomic E-state index is 6.84. The topological polar surface area (TPSA) is 72.2 Å². The lowest BCUT2D eigenvalue weighted by Crippen LogP contribution is -2.74. The molecule has 0 radical (unpaired) electrons. The molecule has 0 amide bonds. The van der Waals surface area contributed by atoms with Gasteiger partial charge in [-0.15, -0.1) is 0 Å². The van der Waals surface area contributed by atoms with E-state index in [2.05, 4.69) is 206 Å². The summed E-state index contributed by atoms with van der Waals surface area (Å²) < 4.78 is 29.3. The Hall–Kier alpha value is -9.58. The number of para-hydroxylation sites is 6. The summed E-state index contributed by atoms with van der Waals surface area (Å²) in [6.07, 6.45) is 0. The SMILES string of the molecule is c1ccc([Si](c2ccccc2)(c2cccc(-n3c4ccccc4n4c5ccccc5nc34)c2)c2ccc3nc4n(-c5cc6c7c(c5)Oc5cccc8c5B7c5c(cccc5O6)O8)c5ccccc5n4c3c2)cc1. The van der Waals surface area contributed by atoms with Gasteiger partial charge in [0.1, 0.15) is 34.5 Å². The monoisotopic (exact) mass is 952 g/mol. The van der Waals surface area contributed by atoms with Crippen LogP contribution in [0.1, 0.15) is 0 Å². The van der Waals surface area contributed by atoms with Crippen molar-refractivity contribution in [1.82, 2.24) is 27.9 Å². The number of hydrogen-bond donors (Lipinski definition) is 0. The van der Waals surface area contributed by atoms with Crippen LogP contribution in [0.15, 0.2) is 224 Å². The molecule has 0 atom stereocenters. The average Bonchev–Trinajstić information content (AvgIpc) is 4.18. The van der Waals surface area contributed by atoms with Crippen LogP contribution in [0.2, 0.25) is 0 Å². The highest BCUT2D eigenvalue weighted by molar-refractivity contribution is 7.20. The first-order valence-electron chi connectivity index (χ1n) is 24.7. The third-order valence-corrected chi connectivity index (χ3v) is 20.4. The van der Waals surface area contributed by atoms with Crippen LogP contribution in [0, 0.1) is 0 Å². The fourth-order valence-corrected chi connectivity index (χ4v) is 17.5. The average molecular weight is 953 g/mol. The first-order valence-corrected chi connectivity index (χ1v) is 26.7. The van der Waals surface area contributed by atoms with Gasteiger partial charge in [-0.1, -0.05) is 127 Å². The van der Waals surface area contributed by atoms with E-state index in [1.807, 2.05) is 36.4 Å². The van der Waals surface area contributed by atoms with E-state index in [0.29, 0.717) is 0 Å². The molecule has 340 valence electrons. The van der Waals surface area contributed by atoms with Crippen LogP contribution in [0.4, 0.5) is 0 Å². The molecule has 0 N–H and O–H groups in total. The molecule has 3 aliphatic heterocycles. The summed E-state index contributed by atoms with van der Waals surface area (Å²) >= 11 is 0. The Morgan fingerprint density at radius 2 is 0.753 bits per heavy atom. The van der Waals surface area contributed by atoms with Crippen LogP contribution in [-0.4, -0.2) is 42.7 Å². The lowest BCUT2D eigenvalue weighted by atomic mass is 9.34. The lowest BCUT2D eigenvalue weighted by Gasteiger charge is -2.37. The van der Waals surface area contributed by atoms with Gasteiger partial charge < -0.3 is 14.2 Å². The molecule has 4 aromatic heterocycles. The van der Waals surface area contributed by atoms with E-state index in [-0.39, 0.29) is 6.71 Å². The van der Waals surface area contributed by atoms with Crippen molar-refractivity contribution >= 4 is 108 Å². The third-order valence-electron chi connectivity index (χ3n) is 15.6. The smallest absolute Gasteiger partial charge is 0.270 e. The zero-order valence-corrected chi connectivity index (χ0v) is 39.8. The zero-order valence-electron chi connectivity index (χ0n) is 38.8. The second-order valence-electron chi connectivity index (χ2n) is 19.3. The summed E-state index contributed by atoms with van der Waals surface area (Å²) in [7, 11) is -3.13. The van der Waals surface area contributed by atoms with E-state index in [4.69, 9.17) is 24.2 Å². The van der Waals surface area contributed by atoms with E-state index < -0.39 is 8.07 Å². The fourth-order valence-electron chi connectivity index (χ4n) is 12.7. The Morgan fingerprint density at radius 3 is 1.36 bits per heavy atom. The van der Waals surface area contributed by atoms with Crippen molar-refractivity contribution in [3.8, 4) is 45.9 Å². The predicted octanol–water partition coefficient (Wildman–Crippen LogP) is 9.39. The lowest BCUT2D eigenvalue weighted by molar-refractivity contribution is 0.442. The molecule has 7 heterocycles. The van der Waals surface area contributed by atoms with Crippen molar-refractivity contribution in [1.29, 1.82) is 0 Å². The van der Waals surface area contributed by atoms with Gasteiger partial charge in [0.05, 0.1) is 49.8 Å². The molecule has 9 nitrogen and oxygen atoms in total. The van der Waals surface area contributed by atoms with Gasteiger partial charge >= 0.3 is 0 Å². The highest BCUT2D eigenvalue weighted by Gasteiger charge is 2.47. The molecule has 0 bridgehead atoms. The summed E-state index contributed by atoms with van der Waals surface area (Å²) in [4.78, 5) is 10.8. The van der Waals surface area contributed by atoms with Crippen molar-refractivity contribution in [3.63, 3.8) is 0 Å². The molecular formula is C62H37BN6O3Si. The Kier molecular flexibility index (Phi) is 7.66. The molecule has 0 aliphatic carbocycles. The van der Waals surface area contributed by atoms with Crippen LogP contribution < -0.4 is 51.3 Å². The fraction of sp³-hybridized carbons (Fsp3) is 0.